The van der Waals surface area contributed by atoms with Crippen molar-refractivity contribution in [2.24, 2.45) is 5.73 Å². The van der Waals surface area contributed by atoms with Gasteiger partial charge in [0.2, 0.25) is 0 Å². The van der Waals surface area contributed by atoms with Gasteiger partial charge in [-0.25, -0.2) is 4.98 Å². The van der Waals surface area contributed by atoms with Gasteiger partial charge in [-0.1, -0.05) is 0 Å². The predicted octanol–water partition coefficient (Wildman–Crippen LogP) is 0.320. The third-order valence-electron chi connectivity index (χ3n) is 1.40. The molecular formula is C7H6N4O2. The summed E-state index contributed by atoms with van der Waals surface area (Å²) in [4.78, 5) is 13.5. The highest BCUT2D eigenvalue weighted by Crippen LogP contribution is 2.13. The zero-order valence-corrected chi connectivity index (χ0v) is 6.60. The summed E-state index contributed by atoms with van der Waals surface area (Å²) in [5, 5.41) is 18.9. The Morgan fingerprint density at radius 1 is 1.69 bits per heavy atom. The molecule has 0 saturated carbocycles. The molecule has 0 saturated heterocycles. The number of aromatic nitrogens is 1. The molecule has 0 fully saturated rings. The van der Waals surface area contributed by atoms with Crippen molar-refractivity contribution in [1.82, 2.24) is 4.98 Å². The molecule has 1 rings (SSSR count). The van der Waals surface area contributed by atoms with Gasteiger partial charge in [-0.3, -0.25) is 10.1 Å². The summed E-state index contributed by atoms with van der Waals surface area (Å²) < 4.78 is 0. The summed E-state index contributed by atoms with van der Waals surface area (Å²) in [6.07, 6.45) is 0. The van der Waals surface area contributed by atoms with Gasteiger partial charge in [0.1, 0.15) is 11.8 Å². The van der Waals surface area contributed by atoms with Crippen LogP contribution in [0.1, 0.15) is 11.4 Å². The average molecular weight is 178 g/mol. The molecule has 0 amide bonds. The van der Waals surface area contributed by atoms with Crippen molar-refractivity contribution < 1.29 is 4.92 Å². The highest BCUT2D eigenvalue weighted by molar-refractivity contribution is 5.38. The lowest BCUT2D eigenvalue weighted by Gasteiger charge is -1.96. The minimum Gasteiger partial charge on any atom is -0.325 e. The minimum atomic E-state index is -0.582. The van der Waals surface area contributed by atoms with Crippen LogP contribution < -0.4 is 5.73 Å². The zero-order valence-electron chi connectivity index (χ0n) is 6.60. The van der Waals surface area contributed by atoms with Gasteiger partial charge in [-0.05, 0) is 0 Å². The van der Waals surface area contributed by atoms with Gasteiger partial charge in [0.25, 0.3) is 5.69 Å². The second-order valence-corrected chi connectivity index (χ2v) is 2.27. The molecule has 0 atom stereocenters. The number of hydrogen-bond donors (Lipinski definition) is 1. The molecule has 0 bridgehead atoms. The summed E-state index contributed by atoms with van der Waals surface area (Å²) in [6.45, 7) is 0.0797. The van der Waals surface area contributed by atoms with Crippen LogP contribution in [0.3, 0.4) is 0 Å². The lowest BCUT2D eigenvalue weighted by atomic mass is 10.2. The van der Waals surface area contributed by atoms with Gasteiger partial charge in [-0.2, -0.15) is 5.26 Å². The van der Waals surface area contributed by atoms with Crippen molar-refractivity contribution in [2.45, 2.75) is 6.54 Å². The van der Waals surface area contributed by atoms with Crippen LogP contribution in [0.4, 0.5) is 5.69 Å². The molecule has 1 heterocycles. The number of nitrogens with two attached hydrogens (primary N) is 1. The first kappa shape index (κ1) is 9.09. The smallest absolute Gasteiger partial charge is 0.274 e. The van der Waals surface area contributed by atoms with E-state index >= 15 is 0 Å². The van der Waals surface area contributed by atoms with Gasteiger partial charge < -0.3 is 5.73 Å². The molecule has 0 radical (unpaired) electrons. The molecule has 1 aromatic heterocycles. The highest BCUT2D eigenvalue weighted by Gasteiger charge is 2.09. The molecule has 6 nitrogen and oxygen atoms in total. The third-order valence-corrected chi connectivity index (χ3v) is 1.40. The third kappa shape index (κ3) is 1.98. The SMILES string of the molecule is N#Cc1cc([N+](=O)[O-])cc(CN)n1. The number of rotatable bonds is 2. The molecule has 0 unspecified atom stereocenters. The Morgan fingerprint density at radius 2 is 2.38 bits per heavy atom. The molecule has 6 heteroatoms. The predicted molar refractivity (Wildman–Crippen MR) is 43.5 cm³/mol. The fraction of sp³-hybridized carbons (Fsp3) is 0.143. The Morgan fingerprint density at radius 3 is 2.85 bits per heavy atom. The van der Waals surface area contributed by atoms with E-state index in [1.54, 1.807) is 6.07 Å². The van der Waals surface area contributed by atoms with Crippen molar-refractivity contribution >= 4 is 5.69 Å². The monoisotopic (exact) mass is 178 g/mol. The van der Waals surface area contributed by atoms with E-state index in [0.29, 0.717) is 5.69 Å². The van der Waals surface area contributed by atoms with Crippen LogP contribution in [-0.4, -0.2) is 9.91 Å². The largest absolute Gasteiger partial charge is 0.325 e. The van der Waals surface area contributed by atoms with E-state index < -0.39 is 4.92 Å². The van der Waals surface area contributed by atoms with Crippen LogP contribution in [0.2, 0.25) is 0 Å². The molecule has 66 valence electrons. The van der Waals surface area contributed by atoms with Crippen LogP contribution in [0, 0.1) is 21.4 Å². The molecule has 0 aliphatic carbocycles. The standard InChI is InChI=1S/C7H6N4O2/c8-3-5-1-7(11(12)13)2-6(4-9)10-5/h1-2H,3,8H2. The molecular weight excluding hydrogens is 172 g/mol. The Kier molecular flexibility index (Phi) is 2.52. The number of nitrogens with zero attached hydrogens (tertiary/aromatic N) is 3. The fourth-order valence-corrected chi connectivity index (χ4v) is 0.839. The quantitative estimate of drug-likeness (QED) is 0.518. The van der Waals surface area contributed by atoms with Crippen molar-refractivity contribution in [3.8, 4) is 6.07 Å². The molecule has 1 aromatic rings. The Balaban J connectivity index is 3.24. The van der Waals surface area contributed by atoms with Crippen LogP contribution in [0.5, 0.6) is 0 Å². The molecule has 0 spiro atoms. The lowest BCUT2D eigenvalue weighted by Crippen LogP contribution is -2.02. The maximum absolute atomic E-state index is 10.4. The number of pyridine rings is 1. The summed E-state index contributed by atoms with van der Waals surface area (Å²) in [6, 6.07) is 4.09. The fourth-order valence-electron chi connectivity index (χ4n) is 0.839. The Hall–Kier alpha value is -2.00. The lowest BCUT2D eigenvalue weighted by molar-refractivity contribution is -0.385. The summed E-state index contributed by atoms with van der Waals surface area (Å²) in [7, 11) is 0. The molecule has 0 aromatic carbocycles. The highest BCUT2D eigenvalue weighted by atomic mass is 16.6. The molecule has 2 N–H and O–H groups in total. The zero-order chi connectivity index (χ0) is 9.84. The van der Waals surface area contributed by atoms with Crippen molar-refractivity contribution in [3.05, 3.63) is 33.6 Å². The number of nitriles is 1. The molecule has 0 aliphatic heterocycles. The first-order valence-corrected chi connectivity index (χ1v) is 3.43. The van der Waals surface area contributed by atoms with Crippen molar-refractivity contribution in [3.63, 3.8) is 0 Å². The van der Waals surface area contributed by atoms with Crippen LogP contribution in [0.15, 0.2) is 12.1 Å². The van der Waals surface area contributed by atoms with Gasteiger partial charge in [-0.15, -0.1) is 0 Å². The van der Waals surface area contributed by atoms with Crippen LogP contribution >= 0.6 is 0 Å². The number of hydrogen-bond acceptors (Lipinski definition) is 5. The van der Waals surface area contributed by atoms with E-state index in [1.165, 1.54) is 6.07 Å². The van der Waals surface area contributed by atoms with Crippen LogP contribution in [0.25, 0.3) is 0 Å². The van der Waals surface area contributed by atoms with Crippen molar-refractivity contribution in [1.29, 1.82) is 5.26 Å². The molecule has 0 aliphatic rings. The number of nitro groups is 1. The van der Waals surface area contributed by atoms with Gasteiger partial charge >= 0.3 is 0 Å². The van der Waals surface area contributed by atoms with E-state index in [2.05, 4.69) is 4.98 Å². The summed E-state index contributed by atoms with van der Waals surface area (Å²) in [5.41, 5.74) is 5.44. The van der Waals surface area contributed by atoms with Gasteiger partial charge in [0.15, 0.2) is 0 Å². The summed E-state index contributed by atoms with van der Waals surface area (Å²) in [5.74, 6) is 0. The molecule has 13 heavy (non-hydrogen) atoms. The topological polar surface area (TPSA) is 106 Å². The average Bonchev–Trinajstić information content (AvgIpc) is 2.16. The van der Waals surface area contributed by atoms with E-state index in [1.807, 2.05) is 0 Å². The van der Waals surface area contributed by atoms with E-state index in [9.17, 15) is 10.1 Å². The van der Waals surface area contributed by atoms with E-state index in [-0.39, 0.29) is 17.9 Å². The second kappa shape index (κ2) is 3.60. The van der Waals surface area contributed by atoms with Gasteiger partial charge in [0, 0.05) is 12.6 Å². The van der Waals surface area contributed by atoms with Gasteiger partial charge in [0.05, 0.1) is 16.7 Å². The Bertz CT molecular complexity index is 383. The maximum Gasteiger partial charge on any atom is 0.274 e. The maximum atomic E-state index is 10.4. The summed E-state index contributed by atoms with van der Waals surface area (Å²) >= 11 is 0. The van der Waals surface area contributed by atoms with Crippen LogP contribution in [-0.2, 0) is 6.54 Å². The van der Waals surface area contributed by atoms with E-state index in [0.717, 1.165) is 6.07 Å². The minimum absolute atomic E-state index is 0.00894. The normalized spacial score (nSPS) is 9.23. The second-order valence-electron chi connectivity index (χ2n) is 2.27. The van der Waals surface area contributed by atoms with Crippen molar-refractivity contribution in [2.75, 3.05) is 0 Å². The Labute approximate surface area is 73.8 Å². The first-order valence-electron chi connectivity index (χ1n) is 3.43. The van der Waals surface area contributed by atoms with E-state index in [4.69, 9.17) is 11.0 Å². The first-order chi connectivity index (χ1) is 6.17.